The molecule has 0 spiro atoms. The summed E-state index contributed by atoms with van der Waals surface area (Å²) < 4.78 is 9.31. The van der Waals surface area contributed by atoms with Gasteiger partial charge in [0, 0.05) is 0 Å². The van der Waals surface area contributed by atoms with E-state index in [-0.39, 0.29) is 6.10 Å². The van der Waals surface area contributed by atoms with Crippen LogP contribution in [-0.2, 0) is 8.92 Å². The second-order valence-corrected chi connectivity index (χ2v) is 1.48. The highest BCUT2D eigenvalue weighted by Gasteiger charge is 2.16. The van der Waals surface area contributed by atoms with Crippen LogP contribution in [0.1, 0.15) is 0 Å². The van der Waals surface area contributed by atoms with Gasteiger partial charge in [-0.15, -0.1) is 0 Å². The second kappa shape index (κ2) is 1.82. The van der Waals surface area contributed by atoms with Crippen LogP contribution in [-0.4, -0.2) is 19.3 Å². The Bertz CT molecular complexity index is 41.3. The molecule has 1 fully saturated rings. The van der Waals surface area contributed by atoms with E-state index in [4.69, 9.17) is 4.74 Å². The van der Waals surface area contributed by atoms with Crippen LogP contribution in [0.25, 0.3) is 0 Å². The van der Waals surface area contributed by atoms with Crippen molar-refractivity contribution in [2.75, 3.05) is 13.2 Å². The maximum absolute atomic E-state index is 4.75. The summed E-state index contributed by atoms with van der Waals surface area (Å²) in [6.45, 7) is 1.42. The normalized spacial score (nSPS) is 23.5. The maximum Gasteiger partial charge on any atom is 0.118 e. The molecule has 1 rings (SSSR count). The molecule has 1 heterocycles. The summed E-state index contributed by atoms with van der Waals surface area (Å²) in [5.74, 6) is 0. The van der Waals surface area contributed by atoms with Gasteiger partial charge in [0.1, 0.15) is 6.10 Å². The van der Waals surface area contributed by atoms with Crippen LogP contribution in [0.3, 0.4) is 0 Å². The quantitative estimate of drug-likeness (QED) is 0.381. The first-order valence-corrected chi connectivity index (χ1v) is 2.18. The molecule has 1 saturated heterocycles. The molecule has 0 radical (unpaired) electrons. The van der Waals surface area contributed by atoms with Crippen LogP contribution >= 0.6 is 12.9 Å². The number of ether oxygens (including phenoxy) is 1. The van der Waals surface area contributed by atoms with Crippen LogP contribution in [0, 0.1) is 0 Å². The molecule has 0 aromatic carbocycles. The SMILES string of the molecule is SOC1COC1. The minimum atomic E-state index is 0.258. The lowest BCUT2D eigenvalue weighted by atomic mass is 10.3. The standard InChI is InChI=1S/C3H6O2S/c6-5-3-1-4-2-3/h3,6H,1-2H2. The van der Waals surface area contributed by atoms with E-state index in [1.54, 1.807) is 0 Å². The molecule has 0 unspecified atom stereocenters. The van der Waals surface area contributed by atoms with Gasteiger partial charge < -0.3 is 8.92 Å². The second-order valence-electron chi connectivity index (χ2n) is 1.26. The highest BCUT2D eigenvalue weighted by molar-refractivity contribution is 7.75. The van der Waals surface area contributed by atoms with Crippen molar-refractivity contribution in [3.8, 4) is 0 Å². The molecule has 0 saturated carbocycles. The van der Waals surface area contributed by atoms with Crippen molar-refractivity contribution in [2.45, 2.75) is 6.10 Å². The Morgan fingerprint density at radius 2 is 2.33 bits per heavy atom. The molecular weight excluding hydrogens is 100 g/mol. The Balaban J connectivity index is 2.01. The van der Waals surface area contributed by atoms with Crippen molar-refractivity contribution >= 4 is 12.9 Å². The summed E-state index contributed by atoms with van der Waals surface area (Å²) >= 11 is 3.57. The molecule has 36 valence electrons. The predicted octanol–water partition coefficient (Wildman–Crippen LogP) is 0.247. The number of hydrogen-bond acceptors (Lipinski definition) is 3. The molecular formula is C3H6O2S. The molecule has 1 aliphatic heterocycles. The first-order valence-electron chi connectivity index (χ1n) is 1.81. The molecule has 2 nitrogen and oxygen atoms in total. The van der Waals surface area contributed by atoms with E-state index in [1.165, 1.54) is 0 Å². The van der Waals surface area contributed by atoms with E-state index in [9.17, 15) is 0 Å². The summed E-state index contributed by atoms with van der Waals surface area (Å²) in [7, 11) is 0. The van der Waals surface area contributed by atoms with Gasteiger partial charge in [-0.1, -0.05) is 0 Å². The van der Waals surface area contributed by atoms with E-state index >= 15 is 0 Å². The van der Waals surface area contributed by atoms with Gasteiger partial charge in [-0.05, 0) is 12.9 Å². The summed E-state index contributed by atoms with van der Waals surface area (Å²) in [6, 6.07) is 0. The highest BCUT2D eigenvalue weighted by Crippen LogP contribution is 2.05. The third-order valence-corrected chi connectivity index (χ3v) is 1.05. The first kappa shape index (κ1) is 4.43. The van der Waals surface area contributed by atoms with Crippen LogP contribution < -0.4 is 0 Å². The van der Waals surface area contributed by atoms with Gasteiger partial charge in [-0.25, -0.2) is 0 Å². The zero-order chi connectivity index (χ0) is 4.41. The van der Waals surface area contributed by atoms with Gasteiger partial charge in [-0.2, -0.15) is 0 Å². The van der Waals surface area contributed by atoms with E-state index < -0.39 is 0 Å². The lowest BCUT2D eigenvalue weighted by Crippen LogP contribution is -2.33. The van der Waals surface area contributed by atoms with Crippen LogP contribution in [0.5, 0.6) is 0 Å². The van der Waals surface area contributed by atoms with Crippen LogP contribution in [0.15, 0.2) is 0 Å². The average Bonchev–Trinajstić information content (AvgIpc) is 1.31. The summed E-state index contributed by atoms with van der Waals surface area (Å²) in [4.78, 5) is 0. The van der Waals surface area contributed by atoms with Gasteiger partial charge >= 0.3 is 0 Å². The Kier molecular flexibility index (Phi) is 1.34. The smallest absolute Gasteiger partial charge is 0.118 e. The van der Waals surface area contributed by atoms with E-state index in [0.717, 1.165) is 0 Å². The summed E-state index contributed by atoms with van der Waals surface area (Å²) in [6.07, 6.45) is 0.258. The molecule has 3 heteroatoms. The fraction of sp³-hybridized carbons (Fsp3) is 1.00. The van der Waals surface area contributed by atoms with E-state index in [0.29, 0.717) is 13.2 Å². The summed E-state index contributed by atoms with van der Waals surface area (Å²) in [5.41, 5.74) is 0. The highest BCUT2D eigenvalue weighted by atomic mass is 32.1. The zero-order valence-corrected chi connectivity index (χ0v) is 4.15. The van der Waals surface area contributed by atoms with Crippen molar-refractivity contribution in [1.29, 1.82) is 0 Å². The van der Waals surface area contributed by atoms with Gasteiger partial charge in [0.05, 0.1) is 13.2 Å². The van der Waals surface area contributed by atoms with Crippen molar-refractivity contribution < 1.29 is 8.92 Å². The van der Waals surface area contributed by atoms with E-state index in [2.05, 4.69) is 17.1 Å². The lowest BCUT2D eigenvalue weighted by molar-refractivity contribution is -0.0703. The first-order chi connectivity index (χ1) is 2.93. The van der Waals surface area contributed by atoms with Crippen LogP contribution in [0.4, 0.5) is 0 Å². The minimum Gasteiger partial charge on any atom is -0.376 e. The van der Waals surface area contributed by atoms with Gasteiger partial charge in [-0.3, -0.25) is 0 Å². The molecule has 0 bridgehead atoms. The van der Waals surface area contributed by atoms with Crippen molar-refractivity contribution in [3.63, 3.8) is 0 Å². The zero-order valence-electron chi connectivity index (χ0n) is 3.26. The summed E-state index contributed by atoms with van der Waals surface area (Å²) in [5, 5.41) is 0. The monoisotopic (exact) mass is 106 g/mol. The molecule has 0 amide bonds. The largest absolute Gasteiger partial charge is 0.376 e. The molecule has 0 aliphatic carbocycles. The third kappa shape index (κ3) is 0.668. The predicted molar refractivity (Wildman–Crippen MR) is 24.7 cm³/mol. The molecule has 1 aliphatic rings. The number of thiol groups is 1. The molecule has 0 atom stereocenters. The fourth-order valence-electron chi connectivity index (χ4n) is 0.275. The maximum atomic E-state index is 4.75. The molecule has 0 aromatic heterocycles. The minimum absolute atomic E-state index is 0.258. The Labute approximate surface area is 42.1 Å². The Morgan fingerprint density at radius 3 is 2.33 bits per heavy atom. The average molecular weight is 106 g/mol. The van der Waals surface area contributed by atoms with Gasteiger partial charge in [0.25, 0.3) is 0 Å². The molecule has 0 aromatic rings. The number of hydrogen-bond donors (Lipinski definition) is 1. The van der Waals surface area contributed by atoms with Gasteiger partial charge in [0.15, 0.2) is 0 Å². The topological polar surface area (TPSA) is 18.5 Å². The molecule has 6 heavy (non-hydrogen) atoms. The fourth-order valence-corrected chi connectivity index (χ4v) is 0.397. The molecule has 0 N–H and O–H groups in total. The Morgan fingerprint density at radius 1 is 1.67 bits per heavy atom. The lowest BCUT2D eigenvalue weighted by Gasteiger charge is -2.22. The van der Waals surface area contributed by atoms with Crippen molar-refractivity contribution in [2.24, 2.45) is 0 Å². The van der Waals surface area contributed by atoms with Gasteiger partial charge in [0.2, 0.25) is 0 Å². The third-order valence-electron chi connectivity index (χ3n) is 0.757. The van der Waals surface area contributed by atoms with Crippen molar-refractivity contribution in [3.05, 3.63) is 0 Å². The van der Waals surface area contributed by atoms with Crippen LogP contribution in [0.2, 0.25) is 0 Å². The Hall–Kier alpha value is 0.270. The van der Waals surface area contributed by atoms with E-state index in [1.807, 2.05) is 0 Å². The van der Waals surface area contributed by atoms with Crippen molar-refractivity contribution in [1.82, 2.24) is 0 Å². The number of rotatable bonds is 1.